The first-order valence-corrected chi connectivity index (χ1v) is 10.1. The molecule has 1 atom stereocenters. The fraction of sp³-hybridized carbons (Fsp3) is 0.636. The molecular weight excluding hydrogens is 340 g/mol. The number of carbonyl (C=O) groups excluding carboxylic acids is 2. The highest BCUT2D eigenvalue weighted by Gasteiger charge is 2.36. The molecule has 2 fully saturated rings. The van der Waals surface area contributed by atoms with Crippen molar-refractivity contribution in [3.8, 4) is 0 Å². The Kier molecular flexibility index (Phi) is 5.78. The van der Waals surface area contributed by atoms with Crippen LogP contribution in [0.2, 0.25) is 0 Å². The van der Waals surface area contributed by atoms with E-state index in [2.05, 4.69) is 36.5 Å². The Balaban J connectivity index is 1.54. The van der Waals surface area contributed by atoms with Crippen molar-refractivity contribution >= 4 is 12.0 Å². The Hall–Kier alpha value is -2.04. The van der Waals surface area contributed by atoms with Gasteiger partial charge in [0.25, 0.3) is 0 Å². The molecule has 1 aliphatic carbocycles. The summed E-state index contributed by atoms with van der Waals surface area (Å²) in [5.74, 6) is 0.644. The maximum absolute atomic E-state index is 12.8. The third-order valence-corrected chi connectivity index (χ3v) is 5.35. The SMILES string of the molecule is Cc1ccc(C(NC(=O)C2CCN(C(=O)OC(C)(C)C)CC2)C2CC2)cc1. The number of rotatable bonds is 4. The number of carbonyl (C=O) groups is 2. The number of hydrogen-bond donors (Lipinski definition) is 1. The molecule has 27 heavy (non-hydrogen) atoms. The van der Waals surface area contributed by atoms with Crippen LogP contribution in [-0.4, -0.2) is 35.6 Å². The number of nitrogens with zero attached hydrogens (tertiary/aromatic N) is 1. The maximum atomic E-state index is 12.8. The molecule has 0 spiro atoms. The zero-order valence-corrected chi connectivity index (χ0v) is 17.0. The lowest BCUT2D eigenvalue weighted by molar-refractivity contribution is -0.127. The van der Waals surface area contributed by atoms with Crippen molar-refractivity contribution < 1.29 is 14.3 Å². The lowest BCUT2D eigenvalue weighted by atomic mass is 9.94. The Morgan fingerprint density at radius 1 is 1.07 bits per heavy atom. The summed E-state index contributed by atoms with van der Waals surface area (Å²) in [5, 5.41) is 3.29. The van der Waals surface area contributed by atoms with E-state index in [9.17, 15) is 9.59 Å². The van der Waals surface area contributed by atoms with E-state index in [0.717, 1.165) is 0 Å². The third-order valence-electron chi connectivity index (χ3n) is 5.35. The number of amides is 2. The summed E-state index contributed by atoms with van der Waals surface area (Å²) in [5.41, 5.74) is 1.94. The smallest absolute Gasteiger partial charge is 0.410 e. The molecule has 0 radical (unpaired) electrons. The van der Waals surface area contributed by atoms with E-state index < -0.39 is 5.60 Å². The molecule has 5 nitrogen and oxygen atoms in total. The fourth-order valence-electron chi connectivity index (χ4n) is 3.60. The van der Waals surface area contributed by atoms with Crippen molar-refractivity contribution in [1.29, 1.82) is 0 Å². The number of benzene rings is 1. The largest absolute Gasteiger partial charge is 0.444 e. The van der Waals surface area contributed by atoms with Crippen LogP contribution in [-0.2, 0) is 9.53 Å². The molecule has 1 aromatic rings. The van der Waals surface area contributed by atoms with Crippen LogP contribution in [0.25, 0.3) is 0 Å². The second kappa shape index (κ2) is 7.91. The second-order valence-corrected chi connectivity index (χ2v) is 8.98. The Labute approximate surface area is 162 Å². The molecule has 3 rings (SSSR count). The molecule has 0 bridgehead atoms. The van der Waals surface area contributed by atoms with Crippen LogP contribution in [0.5, 0.6) is 0 Å². The first kappa shape index (κ1) is 19.7. The van der Waals surface area contributed by atoms with Crippen LogP contribution >= 0.6 is 0 Å². The number of nitrogens with one attached hydrogen (secondary N) is 1. The Morgan fingerprint density at radius 3 is 2.19 bits per heavy atom. The average Bonchev–Trinajstić information content (AvgIpc) is 3.44. The quantitative estimate of drug-likeness (QED) is 0.861. The van der Waals surface area contributed by atoms with E-state index in [0.29, 0.717) is 31.8 Å². The Morgan fingerprint density at radius 2 is 1.67 bits per heavy atom. The minimum atomic E-state index is -0.489. The number of piperidine rings is 1. The van der Waals surface area contributed by atoms with E-state index >= 15 is 0 Å². The highest BCUT2D eigenvalue weighted by Crippen LogP contribution is 2.41. The van der Waals surface area contributed by atoms with Crippen molar-refractivity contribution in [2.24, 2.45) is 11.8 Å². The number of ether oxygens (including phenoxy) is 1. The topological polar surface area (TPSA) is 58.6 Å². The number of likely N-dealkylation sites (tertiary alicyclic amines) is 1. The maximum Gasteiger partial charge on any atom is 0.410 e. The normalized spacial score (nSPS) is 19.5. The first-order valence-electron chi connectivity index (χ1n) is 10.1. The zero-order chi connectivity index (χ0) is 19.6. The molecule has 1 N–H and O–H groups in total. The molecule has 5 heteroatoms. The van der Waals surface area contributed by atoms with Crippen LogP contribution in [0, 0.1) is 18.8 Å². The fourth-order valence-corrected chi connectivity index (χ4v) is 3.60. The van der Waals surface area contributed by atoms with Crippen molar-refractivity contribution in [2.75, 3.05) is 13.1 Å². The van der Waals surface area contributed by atoms with Gasteiger partial charge >= 0.3 is 6.09 Å². The lowest BCUT2D eigenvalue weighted by Gasteiger charge is -2.33. The molecule has 2 amide bonds. The van der Waals surface area contributed by atoms with Gasteiger partial charge in [0.1, 0.15) is 5.60 Å². The van der Waals surface area contributed by atoms with Gasteiger partial charge in [-0.05, 0) is 64.9 Å². The predicted molar refractivity (Wildman–Crippen MR) is 105 cm³/mol. The summed E-state index contributed by atoms with van der Waals surface area (Å²) < 4.78 is 5.43. The van der Waals surface area contributed by atoms with Crippen LogP contribution in [0.4, 0.5) is 4.79 Å². The van der Waals surface area contributed by atoms with Crippen molar-refractivity contribution in [1.82, 2.24) is 10.2 Å². The summed E-state index contributed by atoms with van der Waals surface area (Å²) in [6, 6.07) is 8.58. The standard InChI is InChI=1S/C22H32N2O3/c1-15-5-7-16(8-6-15)19(17-9-10-17)23-20(25)18-11-13-24(14-12-18)21(26)27-22(2,3)4/h5-8,17-19H,9-14H2,1-4H3,(H,23,25). The van der Waals surface area contributed by atoms with Crippen LogP contribution in [0.15, 0.2) is 24.3 Å². The monoisotopic (exact) mass is 372 g/mol. The van der Waals surface area contributed by atoms with Crippen molar-refractivity contribution in [3.63, 3.8) is 0 Å². The lowest BCUT2D eigenvalue weighted by Crippen LogP contribution is -2.45. The van der Waals surface area contributed by atoms with Crippen LogP contribution < -0.4 is 5.32 Å². The minimum Gasteiger partial charge on any atom is -0.444 e. The number of hydrogen-bond acceptors (Lipinski definition) is 3. The van der Waals surface area contributed by atoms with Crippen LogP contribution in [0.3, 0.4) is 0 Å². The van der Waals surface area contributed by atoms with Gasteiger partial charge in [0, 0.05) is 19.0 Å². The molecule has 148 valence electrons. The molecular formula is C22H32N2O3. The van der Waals surface area contributed by atoms with Crippen molar-refractivity contribution in [3.05, 3.63) is 35.4 Å². The summed E-state index contributed by atoms with van der Waals surface area (Å²) in [6.07, 6.45) is 3.45. The van der Waals surface area contributed by atoms with Gasteiger partial charge in [-0.2, -0.15) is 0 Å². The molecule has 1 aliphatic heterocycles. The van der Waals surface area contributed by atoms with Crippen LogP contribution in [0.1, 0.15) is 63.6 Å². The third kappa shape index (κ3) is 5.47. The zero-order valence-electron chi connectivity index (χ0n) is 17.0. The summed E-state index contributed by atoms with van der Waals surface area (Å²) in [4.78, 5) is 26.7. The molecule has 1 saturated heterocycles. The van der Waals surface area contributed by atoms with E-state index in [1.807, 2.05) is 20.8 Å². The average molecular weight is 373 g/mol. The van der Waals surface area contributed by atoms with Gasteiger partial charge < -0.3 is 15.0 Å². The minimum absolute atomic E-state index is 0.0321. The number of aryl methyl sites for hydroxylation is 1. The molecule has 0 aromatic heterocycles. The highest BCUT2D eigenvalue weighted by molar-refractivity contribution is 5.79. The van der Waals surface area contributed by atoms with E-state index in [1.54, 1.807) is 4.90 Å². The molecule has 1 saturated carbocycles. The van der Waals surface area contributed by atoms with E-state index in [4.69, 9.17) is 4.74 Å². The molecule has 1 aromatic carbocycles. The summed E-state index contributed by atoms with van der Waals surface area (Å²) in [7, 11) is 0. The summed E-state index contributed by atoms with van der Waals surface area (Å²) >= 11 is 0. The van der Waals surface area contributed by atoms with Gasteiger partial charge in [-0.25, -0.2) is 4.79 Å². The first-order chi connectivity index (χ1) is 12.7. The molecule has 1 unspecified atom stereocenters. The van der Waals surface area contributed by atoms with Gasteiger partial charge in [-0.1, -0.05) is 29.8 Å². The van der Waals surface area contributed by atoms with Crippen molar-refractivity contribution in [2.45, 2.75) is 65.0 Å². The van der Waals surface area contributed by atoms with Gasteiger partial charge in [0.2, 0.25) is 5.91 Å². The second-order valence-electron chi connectivity index (χ2n) is 8.98. The van der Waals surface area contributed by atoms with Gasteiger partial charge in [-0.15, -0.1) is 0 Å². The van der Waals surface area contributed by atoms with Gasteiger partial charge in [-0.3, -0.25) is 4.79 Å². The van der Waals surface area contributed by atoms with E-state index in [1.165, 1.54) is 24.0 Å². The predicted octanol–water partition coefficient (Wildman–Crippen LogP) is 4.21. The molecule has 2 aliphatic rings. The van der Waals surface area contributed by atoms with Gasteiger partial charge in [0.15, 0.2) is 0 Å². The summed E-state index contributed by atoms with van der Waals surface area (Å²) in [6.45, 7) is 8.83. The highest BCUT2D eigenvalue weighted by atomic mass is 16.6. The van der Waals surface area contributed by atoms with Gasteiger partial charge in [0.05, 0.1) is 6.04 Å². The molecule has 1 heterocycles. The van der Waals surface area contributed by atoms with E-state index in [-0.39, 0.29) is 24.0 Å². The Bertz CT molecular complexity index is 666.